The first-order valence-corrected chi connectivity index (χ1v) is 12.6. The van der Waals surface area contributed by atoms with Gasteiger partial charge in [-0.1, -0.05) is 45.9 Å². The summed E-state index contributed by atoms with van der Waals surface area (Å²) in [6, 6.07) is 0. The normalized spacial score (nSPS) is 38.9. The number of carbonyl (C=O) groups excluding carboxylic acids is 1. The first kappa shape index (κ1) is 28.1. The zero-order valence-electron chi connectivity index (χ0n) is 20.9. The maximum atomic E-state index is 12.6. The van der Waals surface area contributed by atoms with Crippen LogP contribution in [0.2, 0.25) is 0 Å². The minimum absolute atomic E-state index is 0.0714. The van der Waals surface area contributed by atoms with Crippen molar-refractivity contribution in [2.45, 2.75) is 91.0 Å². The fourth-order valence-corrected chi connectivity index (χ4v) is 5.48. The molecule has 7 heteroatoms. The number of allylic oxidation sites excluding steroid dienone is 2. The second-order valence-electron chi connectivity index (χ2n) is 10.7. The molecule has 0 aromatic carbocycles. The van der Waals surface area contributed by atoms with Gasteiger partial charge in [-0.15, -0.1) is 0 Å². The van der Waals surface area contributed by atoms with Crippen molar-refractivity contribution in [2.24, 2.45) is 35.5 Å². The molecule has 34 heavy (non-hydrogen) atoms. The second kappa shape index (κ2) is 13.1. The predicted octanol–water partition coefficient (Wildman–Crippen LogP) is 4.60. The molecule has 3 N–H and O–H groups in total. The Morgan fingerprint density at radius 3 is 2.26 bits per heavy atom. The molecule has 1 heterocycles. The summed E-state index contributed by atoms with van der Waals surface area (Å²) in [5.74, 6) is -1.70. The van der Waals surface area contributed by atoms with Gasteiger partial charge in [0.25, 0.3) is 0 Å². The number of cyclic esters (lactones) is 1. The highest BCUT2D eigenvalue weighted by atomic mass is 16.5. The molecule has 0 aromatic heterocycles. The Balaban J connectivity index is 2.26. The molecule has 9 atom stereocenters. The van der Waals surface area contributed by atoms with Crippen LogP contribution in [0.15, 0.2) is 23.9 Å². The summed E-state index contributed by atoms with van der Waals surface area (Å²) in [5.41, 5.74) is 0.266. The van der Waals surface area contributed by atoms with Gasteiger partial charge in [-0.25, -0.2) is 4.85 Å². The molecule has 0 spiro atoms. The van der Waals surface area contributed by atoms with E-state index in [1.165, 1.54) is 0 Å². The van der Waals surface area contributed by atoms with Gasteiger partial charge in [0.15, 0.2) is 5.70 Å². The number of aliphatic hydroxyl groups excluding tert-OH is 2. The first-order valence-electron chi connectivity index (χ1n) is 12.6. The number of carboxylic acid groups (broad SMARTS) is 1. The van der Waals surface area contributed by atoms with E-state index in [1.54, 1.807) is 18.2 Å². The number of hydrogen-bond donors (Lipinski definition) is 3. The number of nitrogens with zero attached hydrogens (tertiary/aromatic N) is 1. The van der Waals surface area contributed by atoms with Crippen LogP contribution in [0.1, 0.15) is 72.6 Å². The molecule has 2 aliphatic rings. The molecule has 0 radical (unpaired) electrons. The van der Waals surface area contributed by atoms with Gasteiger partial charge in [0.1, 0.15) is 6.10 Å². The Kier molecular flexibility index (Phi) is 10.8. The molecule has 1 fully saturated rings. The minimum Gasteiger partial charge on any atom is -0.481 e. The molecule has 1 aliphatic carbocycles. The van der Waals surface area contributed by atoms with E-state index in [0.717, 1.165) is 19.3 Å². The Hall–Kier alpha value is -2.17. The highest BCUT2D eigenvalue weighted by Gasteiger charge is 2.43. The van der Waals surface area contributed by atoms with Crippen molar-refractivity contribution in [3.8, 4) is 0 Å². The zero-order chi connectivity index (χ0) is 25.4. The Morgan fingerprint density at radius 2 is 1.71 bits per heavy atom. The third-order valence-corrected chi connectivity index (χ3v) is 7.53. The van der Waals surface area contributed by atoms with Crippen molar-refractivity contribution in [3.05, 3.63) is 35.3 Å². The lowest BCUT2D eigenvalue weighted by Crippen LogP contribution is -2.42. The van der Waals surface area contributed by atoms with E-state index < -0.39 is 36.2 Å². The molecule has 190 valence electrons. The quantitative estimate of drug-likeness (QED) is 0.398. The SMILES string of the molecule is [C-]#[N+]C1=CC=CC[C@H](C2CC[C@H]2C(=O)O)OC(=O)C[C@H](O)[C@@H](C)C[C@@H](C)C[C@@H](C)C[C@H](C)[C@H]1O. The van der Waals surface area contributed by atoms with Crippen LogP contribution >= 0.6 is 0 Å². The molecule has 0 aromatic rings. The fraction of sp³-hybridized carbons (Fsp3) is 0.741. The maximum absolute atomic E-state index is 12.6. The number of esters is 1. The van der Waals surface area contributed by atoms with Crippen LogP contribution in [0.25, 0.3) is 4.85 Å². The Labute approximate surface area is 203 Å². The third kappa shape index (κ3) is 7.95. The minimum atomic E-state index is -0.889. The van der Waals surface area contributed by atoms with Gasteiger partial charge in [-0.2, -0.15) is 0 Å². The average molecular weight is 476 g/mol. The average Bonchev–Trinajstić information content (AvgIpc) is 2.70. The van der Waals surface area contributed by atoms with Gasteiger partial charge in [0, 0.05) is 12.3 Å². The highest BCUT2D eigenvalue weighted by molar-refractivity contribution is 5.72. The van der Waals surface area contributed by atoms with Gasteiger partial charge in [0.05, 0.1) is 31.1 Å². The number of ether oxygens (including phenoxy) is 1. The van der Waals surface area contributed by atoms with Gasteiger partial charge < -0.3 is 20.1 Å². The van der Waals surface area contributed by atoms with Crippen LogP contribution in [-0.4, -0.2) is 45.6 Å². The standard InChI is InChI=1S/C27H41NO6/c1-16-12-17(2)14-19(4)26(31)22(28-5)8-6-7-9-24(20-10-11-21(20)27(32)33)34-25(30)15-23(29)18(3)13-16/h6-8,16-21,23-24,26,29,31H,9-15H2,1-4H3,(H,32,33)/t16-,17+,18-,19-,20?,21+,23-,24+,26+/m0/s1. The summed E-state index contributed by atoms with van der Waals surface area (Å²) in [6.45, 7) is 15.6. The molecule has 0 bridgehead atoms. The van der Waals surface area contributed by atoms with Crippen molar-refractivity contribution in [1.29, 1.82) is 0 Å². The molecule has 1 unspecified atom stereocenters. The van der Waals surface area contributed by atoms with Gasteiger partial charge in [-0.05, 0) is 55.8 Å². The highest BCUT2D eigenvalue weighted by Crippen LogP contribution is 2.40. The molecular formula is C27H41NO6. The van der Waals surface area contributed by atoms with Gasteiger partial charge in [-0.3, -0.25) is 9.59 Å². The van der Waals surface area contributed by atoms with Crippen LogP contribution in [0.4, 0.5) is 0 Å². The van der Waals surface area contributed by atoms with E-state index in [-0.39, 0.29) is 29.9 Å². The Morgan fingerprint density at radius 1 is 1.06 bits per heavy atom. The topological polar surface area (TPSA) is 108 Å². The predicted molar refractivity (Wildman–Crippen MR) is 129 cm³/mol. The van der Waals surface area contributed by atoms with E-state index in [0.29, 0.717) is 31.1 Å². The summed E-state index contributed by atoms with van der Waals surface area (Å²) in [6.07, 6.45) is 6.62. The molecule has 1 saturated carbocycles. The van der Waals surface area contributed by atoms with Gasteiger partial charge >= 0.3 is 11.9 Å². The summed E-state index contributed by atoms with van der Waals surface area (Å²) >= 11 is 0. The summed E-state index contributed by atoms with van der Waals surface area (Å²) in [4.78, 5) is 27.7. The number of hydrogen-bond acceptors (Lipinski definition) is 5. The third-order valence-electron chi connectivity index (χ3n) is 7.53. The number of rotatable bonds is 2. The van der Waals surface area contributed by atoms with E-state index in [1.807, 2.05) is 13.8 Å². The maximum Gasteiger partial charge on any atom is 0.308 e. The molecule has 2 rings (SSSR count). The lowest BCUT2D eigenvalue weighted by molar-refractivity contribution is -0.165. The van der Waals surface area contributed by atoms with Crippen LogP contribution in [-0.2, 0) is 14.3 Å². The monoisotopic (exact) mass is 475 g/mol. The van der Waals surface area contributed by atoms with Crippen molar-refractivity contribution in [3.63, 3.8) is 0 Å². The largest absolute Gasteiger partial charge is 0.481 e. The van der Waals surface area contributed by atoms with E-state index in [2.05, 4.69) is 18.7 Å². The number of aliphatic hydroxyl groups is 2. The van der Waals surface area contributed by atoms with E-state index in [9.17, 15) is 24.9 Å². The van der Waals surface area contributed by atoms with Crippen LogP contribution < -0.4 is 0 Å². The fourth-order valence-electron chi connectivity index (χ4n) is 5.48. The number of carbonyl (C=O) groups is 2. The van der Waals surface area contributed by atoms with E-state index in [4.69, 9.17) is 11.3 Å². The number of aliphatic carboxylic acids is 1. The van der Waals surface area contributed by atoms with Crippen LogP contribution in [0, 0.1) is 42.1 Å². The summed E-state index contributed by atoms with van der Waals surface area (Å²) < 4.78 is 5.69. The molecular weight excluding hydrogens is 434 g/mol. The Bertz CT molecular complexity index is 799. The van der Waals surface area contributed by atoms with Crippen molar-refractivity contribution >= 4 is 11.9 Å². The van der Waals surface area contributed by atoms with Crippen molar-refractivity contribution < 1.29 is 29.6 Å². The smallest absolute Gasteiger partial charge is 0.308 e. The molecule has 1 aliphatic heterocycles. The zero-order valence-corrected chi connectivity index (χ0v) is 20.9. The molecule has 0 amide bonds. The van der Waals surface area contributed by atoms with E-state index >= 15 is 0 Å². The number of carboxylic acids is 1. The molecule has 7 nitrogen and oxygen atoms in total. The van der Waals surface area contributed by atoms with Crippen LogP contribution in [0.5, 0.6) is 0 Å². The summed E-state index contributed by atoms with van der Waals surface area (Å²) in [5, 5.41) is 30.8. The van der Waals surface area contributed by atoms with Crippen LogP contribution in [0.3, 0.4) is 0 Å². The lowest BCUT2D eigenvalue weighted by Gasteiger charge is -2.38. The van der Waals surface area contributed by atoms with Crippen molar-refractivity contribution in [1.82, 2.24) is 0 Å². The first-order chi connectivity index (χ1) is 16.0. The van der Waals surface area contributed by atoms with Crippen molar-refractivity contribution in [2.75, 3.05) is 0 Å². The second-order valence-corrected chi connectivity index (χ2v) is 10.7. The van der Waals surface area contributed by atoms with Gasteiger partial charge in [0.2, 0.25) is 0 Å². The lowest BCUT2D eigenvalue weighted by atomic mass is 9.70. The summed E-state index contributed by atoms with van der Waals surface area (Å²) in [7, 11) is 0. The molecule has 0 saturated heterocycles.